The maximum Gasteiger partial charge on any atom is 0.338 e. The fourth-order valence-electron chi connectivity index (χ4n) is 4.00. The Morgan fingerprint density at radius 2 is 2.00 bits per heavy atom. The van der Waals surface area contributed by atoms with Crippen molar-refractivity contribution in [3.05, 3.63) is 88.4 Å². The Morgan fingerprint density at radius 3 is 2.69 bits per heavy atom. The summed E-state index contributed by atoms with van der Waals surface area (Å²) >= 11 is 1.55. The van der Waals surface area contributed by atoms with Crippen LogP contribution < -0.4 is 4.90 Å². The van der Waals surface area contributed by atoms with Crippen molar-refractivity contribution in [2.24, 2.45) is 0 Å². The van der Waals surface area contributed by atoms with Crippen molar-refractivity contribution in [3.63, 3.8) is 0 Å². The number of esters is 1. The molecule has 0 radical (unpaired) electrons. The number of fused-ring (bicyclic) bond motifs is 1. The molecule has 2 aromatic carbocycles. The molecule has 160 valence electrons. The number of phenolic OH excluding ortho intramolecular Hbond substituents is 1. The highest BCUT2D eigenvalue weighted by atomic mass is 32.1. The van der Waals surface area contributed by atoms with Gasteiger partial charge in [-0.15, -0.1) is 11.3 Å². The van der Waals surface area contributed by atoms with E-state index in [4.69, 9.17) is 4.74 Å². The van der Waals surface area contributed by atoms with Gasteiger partial charge in [-0.05, 0) is 60.3 Å². The summed E-state index contributed by atoms with van der Waals surface area (Å²) in [6, 6.07) is 17.0. The van der Waals surface area contributed by atoms with Crippen molar-refractivity contribution in [1.82, 2.24) is 10.2 Å². The first-order valence-electron chi connectivity index (χ1n) is 10.1. The smallest absolute Gasteiger partial charge is 0.338 e. The van der Waals surface area contributed by atoms with Crippen molar-refractivity contribution < 1.29 is 19.4 Å². The topological polar surface area (TPSA) is 95.5 Å². The lowest BCUT2D eigenvalue weighted by Crippen LogP contribution is -2.29. The summed E-state index contributed by atoms with van der Waals surface area (Å²) in [5.74, 6) is -0.553. The van der Waals surface area contributed by atoms with Crippen LogP contribution in [0.4, 0.5) is 5.69 Å². The third-order valence-corrected chi connectivity index (χ3v) is 6.25. The number of H-pyrrole nitrogens is 1. The van der Waals surface area contributed by atoms with Crippen molar-refractivity contribution >= 4 is 28.9 Å². The van der Waals surface area contributed by atoms with Gasteiger partial charge in [-0.1, -0.05) is 18.2 Å². The van der Waals surface area contributed by atoms with Gasteiger partial charge in [0.15, 0.2) is 5.69 Å². The highest BCUT2D eigenvalue weighted by molar-refractivity contribution is 7.13. The number of aromatic hydroxyl groups is 1. The van der Waals surface area contributed by atoms with E-state index >= 15 is 0 Å². The fourth-order valence-corrected chi connectivity index (χ4v) is 4.73. The van der Waals surface area contributed by atoms with Gasteiger partial charge >= 0.3 is 5.97 Å². The second-order valence-electron chi connectivity index (χ2n) is 7.28. The average molecular weight is 446 g/mol. The molecular weight excluding hydrogens is 426 g/mol. The summed E-state index contributed by atoms with van der Waals surface area (Å²) < 4.78 is 5.05. The van der Waals surface area contributed by atoms with Gasteiger partial charge in [0.05, 0.1) is 28.8 Å². The molecule has 3 heterocycles. The normalized spacial score (nSPS) is 15.1. The molecule has 0 saturated carbocycles. The summed E-state index contributed by atoms with van der Waals surface area (Å²) in [7, 11) is 0. The van der Waals surface area contributed by atoms with Gasteiger partial charge in [0, 0.05) is 11.3 Å². The number of thiophene rings is 1. The van der Waals surface area contributed by atoms with E-state index in [0.29, 0.717) is 16.9 Å². The van der Waals surface area contributed by atoms with Crippen molar-refractivity contribution in [2.45, 2.75) is 13.0 Å². The van der Waals surface area contributed by atoms with Crippen LogP contribution in [-0.2, 0) is 4.74 Å². The number of nitrogens with one attached hydrogen (secondary N) is 1. The molecule has 32 heavy (non-hydrogen) atoms. The summed E-state index contributed by atoms with van der Waals surface area (Å²) in [5, 5.41) is 19.4. The Balaban J connectivity index is 1.63. The van der Waals surface area contributed by atoms with E-state index in [-0.39, 0.29) is 18.3 Å². The van der Waals surface area contributed by atoms with Gasteiger partial charge in [-0.2, -0.15) is 5.10 Å². The lowest BCUT2D eigenvalue weighted by Gasteiger charge is -2.26. The van der Waals surface area contributed by atoms with Crippen molar-refractivity contribution in [3.8, 4) is 16.3 Å². The molecule has 2 N–H and O–H groups in total. The van der Waals surface area contributed by atoms with E-state index in [9.17, 15) is 14.7 Å². The Kier molecular flexibility index (Phi) is 4.99. The molecule has 0 fully saturated rings. The second-order valence-corrected chi connectivity index (χ2v) is 8.23. The molecule has 4 aromatic rings. The quantitative estimate of drug-likeness (QED) is 0.432. The first kappa shape index (κ1) is 20.0. The van der Waals surface area contributed by atoms with Gasteiger partial charge in [-0.3, -0.25) is 14.8 Å². The zero-order valence-electron chi connectivity index (χ0n) is 17.1. The SMILES string of the molecule is CCOC(=O)c1ccc(N2C(=O)c3n[nH]c(-c4cccs4)c3C2c2cccc(O)c2)cc1. The van der Waals surface area contributed by atoms with Crippen molar-refractivity contribution in [1.29, 1.82) is 0 Å². The van der Waals surface area contributed by atoms with Gasteiger partial charge in [0.2, 0.25) is 0 Å². The van der Waals surface area contributed by atoms with Crippen molar-refractivity contribution in [2.75, 3.05) is 11.5 Å². The molecule has 2 aromatic heterocycles. The van der Waals surface area contributed by atoms with Crippen LogP contribution in [-0.4, -0.2) is 33.8 Å². The number of benzene rings is 2. The Hall–Kier alpha value is -3.91. The number of carbonyl (C=O) groups is 2. The number of anilines is 1. The number of nitrogens with zero attached hydrogens (tertiary/aromatic N) is 2. The zero-order valence-corrected chi connectivity index (χ0v) is 17.9. The number of phenols is 1. The number of aromatic amines is 1. The largest absolute Gasteiger partial charge is 0.508 e. The number of amides is 1. The molecule has 7 nitrogen and oxygen atoms in total. The summed E-state index contributed by atoms with van der Waals surface area (Å²) in [4.78, 5) is 28.1. The van der Waals surface area contributed by atoms with Crippen LogP contribution in [0.25, 0.3) is 10.6 Å². The molecule has 1 atom stereocenters. The van der Waals surface area contributed by atoms with E-state index in [1.165, 1.54) is 0 Å². The predicted molar refractivity (Wildman–Crippen MR) is 121 cm³/mol. The molecule has 8 heteroatoms. The Morgan fingerprint density at radius 1 is 1.19 bits per heavy atom. The monoisotopic (exact) mass is 445 g/mol. The minimum absolute atomic E-state index is 0.113. The number of aromatic nitrogens is 2. The van der Waals surface area contributed by atoms with E-state index < -0.39 is 12.0 Å². The minimum Gasteiger partial charge on any atom is -0.508 e. The number of hydrogen-bond acceptors (Lipinski definition) is 6. The first-order chi connectivity index (χ1) is 15.6. The first-order valence-corrected chi connectivity index (χ1v) is 11.0. The molecule has 0 aliphatic carbocycles. The Bertz CT molecular complexity index is 1300. The molecule has 5 rings (SSSR count). The van der Waals surface area contributed by atoms with Gasteiger partial charge in [0.25, 0.3) is 5.91 Å². The molecule has 0 saturated heterocycles. The maximum atomic E-state index is 13.5. The van der Waals surface area contributed by atoms with E-state index in [2.05, 4.69) is 10.2 Å². The van der Waals surface area contributed by atoms with E-state index in [1.54, 1.807) is 65.6 Å². The molecule has 1 aliphatic heterocycles. The van der Waals surface area contributed by atoms with Crippen LogP contribution in [0.15, 0.2) is 66.0 Å². The number of ether oxygens (including phenoxy) is 1. The van der Waals surface area contributed by atoms with Crippen LogP contribution in [0.1, 0.15) is 44.9 Å². The highest BCUT2D eigenvalue weighted by Crippen LogP contribution is 2.46. The van der Waals surface area contributed by atoms with E-state index in [1.807, 2.05) is 23.6 Å². The van der Waals surface area contributed by atoms with Crippen LogP contribution >= 0.6 is 11.3 Å². The van der Waals surface area contributed by atoms with E-state index in [0.717, 1.165) is 21.7 Å². The number of carbonyl (C=O) groups excluding carboxylic acids is 2. The standard InChI is InChI=1S/C24H19N3O4S/c1-2-31-24(30)14-8-10-16(11-9-14)27-22(15-5-3-6-17(28)13-15)19-20(18-7-4-12-32-18)25-26-21(19)23(27)29/h3-13,22,28H,2H2,1H3,(H,25,26). The summed E-state index contributed by atoms with van der Waals surface area (Å²) in [5.41, 5.74) is 3.67. The minimum atomic E-state index is -0.492. The molecule has 1 aliphatic rings. The second kappa shape index (κ2) is 7.97. The van der Waals surface area contributed by atoms with Gasteiger partial charge in [0.1, 0.15) is 5.75 Å². The molecule has 1 unspecified atom stereocenters. The van der Waals surface area contributed by atoms with Crippen LogP contribution in [0.3, 0.4) is 0 Å². The molecule has 1 amide bonds. The average Bonchev–Trinajstić information content (AvgIpc) is 3.52. The maximum absolute atomic E-state index is 13.5. The molecule has 0 spiro atoms. The van der Waals surface area contributed by atoms with Crippen LogP contribution in [0.2, 0.25) is 0 Å². The lowest BCUT2D eigenvalue weighted by atomic mass is 9.97. The van der Waals surface area contributed by atoms with Gasteiger partial charge in [-0.25, -0.2) is 4.79 Å². The molecule has 0 bridgehead atoms. The highest BCUT2D eigenvalue weighted by Gasteiger charge is 2.43. The third kappa shape index (κ3) is 3.25. The van der Waals surface area contributed by atoms with Crippen LogP contribution in [0.5, 0.6) is 5.75 Å². The van der Waals surface area contributed by atoms with Crippen LogP contribution in [0, 0.1) is 0 Å². The Labute approximate surface area is 187 Å². The summed E-state index contributed by atoms with van der Waals surface area (Å²) in [6.07, 6.45) is 0. The zero-order chi connectivity index (χ0) is 22.2. The fraction of sp³-hybridized carbons (Fsp3) is 0.125. The third-order valence-electron chi connectivity index (χ3n) is 5.37. The number of hydrogen-bond donors (Lipinski definition) is 2. The predicted octanol–water partition coefficient (Wildman–Crippen LogP) is 4.77. The molecular formula is C24H19N3O4S. The van der Waals surface area contributed by atoms with Gasteiger partial charge < -0.3 is 9.84 Å². The summed E-state index contributed by atoms with van der Waals surface area (Å²) in [6.45, 7) is 2.04. The lowest BCUT2D eigenvalue weighted by molar-refractivity contribution is 0.0526. The number of rotatable bonds is 5.